The molecule has 2 aromatic carbocycles. The quantitative estimate of drug-likeness (QED) is 0.608. The smallest absolute Gasteiger partial charge is 0.116 e. The summed E-state index contributed by atoms with van der Waals surface area (Å²) in [6.07, 6.45) is 0. The van der Waals surface area contributed by atoms with Gasteiger partial charge in [-0.15, -0.1) is 0 Å². The van der Waals surface area contributed by atoms with Crippen LogP contribution in [0.1, 0.15) is 5.56 Å². The first-order valence-electron chi connectivity index (χ1n) is 5.76. The number of aromatic nitrogens is 1. The van der Waals surface area contributed by atoms with Crippen LogP contribution >= 0.6 is 0 Å². The summed E-state index contributed by atoms with van der Waals surface area (Å²) in [6, 6.07) is 12.3. The van der Waals surface area contributed by atoms with Gasteiger partial charge in [-0.2, -0.15) is 0 Å². The number of benzene rings is 2. The molecule has 18 heavy (non-hydrogen) atoms. The Hall–Kier alpha value is -2.42. The summed E-state index contributed by atoms with van der Waals surface area (Å²) in [4.78, 5) is 3.33. The molecular formula is C15H13NO2. The summed E-state index contributed by atoms with van der Waals surface area (Å²) >= 11 is 0. The lowest BCUT2D eigenvalue weighted by atomic mass is 10.1. The van der Waals surface area contributed by atoms with Crippen LogP contribution in [0.3, 0.4) is 0 Å². The molecule has 3 heteroatoms. The van der Waals surface area contributed by atoms with Gasteiger partial charge in [0.1, 0.15) is 11.5 Å². The molecule has 1 aromatic heterocycles. The Morgan fingerprint density at radius 2 is 1.56 bits per heavy atom. The van der Waals surface area contributed by atoms with Gasteiger partial charge in [0.15, 0.2) is 0 Å². The minimum absolute atomic E-state index is 0.255. The Balaban J connectivity index is 2.23. The van der Waals surface area contributed by atoms with Crippen molar-refractivity contribution < 1.29 is 10.2 Å². The van der Waals surface area contributed by atoms with Crippen LogP contribution in [-0.4, -0.2) is 15.2 Å². The predicted molar refractivity (Wildman–Crippen MR) is 71.8 cm³/mol. The lowest BCUT2D eigenvalue weighted by molar-refractivity contribution is 0.475. The highest BCUT2D eigenvalue weighted by molar-refractivity contribution is 5.91. The number of aromatic amines is 1. The average Bonchev–Trinajstić information content (AvgIpc) is 2.68. The van der Waals surface area contributed by atoms with Crippen molar-refractivity contribution >= 4 is 10.9 Å². The van der Waals surface area contributed by atoms with Crippen LogP contribution in [-0.2, 0) is 0 Å². The number of phenolic OH excluding ortho intramolecular Hbond substituents is 2. The highest BCUT2D eigenvalue weighted by Gasteiger charge is 2.09. The van der Waals surface area contributed by atoms with E-state index >= 15 is 0 Å². The minimum Gasteiger partial charge on any atom is -0.508 e. The SMILES string of the molecule is Cc1c(-c2ccc(O)cc2)[nH]c2ccc(O)cc12. The van der Waals surface area contributed by atoms with Gasteiger partial charge in [0.25, 0.3) is 0 Å². The zero-order valence-corrected chi connectivity index (χ0v) is 9.94. The van der Waals surface area contributed by atoms with E-state index in [9.17, 15) is 10.2 Å². The molecule has 0 saturated carbocycles. The van der Waals surface area contributed by atoms with Gasteiger partial charge in [-0.3, -0.25) is 0 Å². The van der Waals surface area contributed by atoms with E-state index in [1.54, 1.807) is 24.3 Å². The highest BCUT2D eigenvalue weighted by Crippen LogP contribution is 2.32. The summed E-state index contributed by atoms with van der Waals surface area (Å²) in [7, 11) is 0. The van der Waals surface area contributed by atoms with Crippen LogP contribution in [0.25, 0.3) is 22.2 Å². The largest absolute Gasteiger partial charge is 0.508 e. The van der Waals surface area contributed by atoms with Gasteiger partial charge >= 0.3 is 0 Å². The number of hydrogen-bond acceptors (Lipinski definition) is 2. The Labute approximate surface area is 104 Å². The maximum absolute atomic E-state index is 9.52. The van der Waals surface area contributed by atoms with Crippen LogP contribution < -0.4 is 0 Å². The molecule has 0 radical (unpaired) electrons. The van der Waals surface area contributed by atoms with E-state index in [1.165, 1.54) is 0 Å². The number of aromatic hydroxyl groups is 2. The van der Waals surface area contributed by atoms with Gasteiger partial charge in [0.2, 0.25) is 0 Å². The van der Waals surface area contributed by atoms with Gasteiger partial charge in [0, 0.05) is 16.6 Å². The van der Waals surface area contributed by atoms with E-state index in [0.717, 1.165) is 27.7 Å². The number of H-pyrrole nitrogens is 1. The summed E-state index contributed by atoms with van der Waals surface area (Å²) < 4.78 is 0. The fraction of sp³-hybridized carbons (Fsp3) is 0.0667. The number of aryl methyl sites for hydroxylation is 1. The van der Waals surface area contributed by atoms with Crippen molar-refractivity contribution in [3.63, 3.8) is 0 Å². The predicted octanol–water partition coefficient (Wildman–Crippen LogP) is 3.55. The molecule has 0 amide bonds. The lowest BCUT2D eigenvalue weighted by Crippen LogP contribution is -1.79. The Bertz CT molecular complexity index is 711. The molecular weight excluding hydrogens is 226 g/mol. The van der Waals surface area contributed by atoms with E-state index in [-0.39, 0.29) is 11.5 Å². The number of rotatable bonds is 1. The molecule has 0 spiro atoms. The van der Waals surface area contributed by atoms with Crippen LogP contribution in [0.15, 0.2) is 42.5 Å². The fourth-order valence-electron chi connectivity index (χ4n) is 2.23. The van der Waals surface area contributed by atoms with E-state index < -0.39 is 0 Å². The number of hydrogen-bond donors (Lipinski definition) is 3. The van der Waals surface area contributed by atoms with Crippen molar-refractivity contribution in [2.24, 2.45) is 0 Å². The molecule has 90 valence electrons. The maximum Gasteiger partial charge on any atom is 0.116 e. The number of nitrogens with one attached hydrogen (secondary N) is 1. The summed E-state index contributed by atoms with van der Waals surface area (Å²) in [5, 5.41) is 19.8. The molecule has 3 nitrogen and oxygen atoms in total. The molecule has 0 unspecified atom stereocenters. The first-order valence-corrected chi connectivity index (χ1v) is 5.76. The standard InChI is InChI=1S/C15H13NO2/c1-9-13-8-12(18)6-7-14(13)16-15(9)10-2-4-11(17)5-3-10/h2-8,16-18H,1H3. The van der Waals surface area contributed by atoms with Gasteiger partial charge in [0.05, 0.1) is 0 Å². The van der Waals surface area contributed by atoms with E-state index in [1.807, 2.05) is 25.1 Å². The normalized spacial score (nSPS) is 10.9. The summed E-state index contributed by atoms with van der Waals surface area (Å²) in [5.74, 6) is 0.520. The van der Waals surface area contributed by atoms with Crippen LogP contribution in [0.4, 0.5) is 0 Å². The van der Waals surface area contributed by atoms with Crippen molar-refractivity contribution in [2.75, 3.05) is 0 Å². The first kappa shape index (κ1) is 10.7. The summed E-state index contributed by atoms with van der Waals surface area (Å²) in [6.45, 7) is 2.01. The fourth-order valence-corrected chi connectivity index (χ4v) is 2.23. The molecule has 1 heterocycles. The molecule has 3 rings (SSSR count). The van der Waals surface area contributed by atoms with Crippen LogP contribution in [0.5, 0.6) is 11.5 Å². The van der Waals surface area contributed by atoms with Crippen molar-refractivity contribution in [2.45, 2.75) is 6.92 Å². The maximum atomic E-state index is 9.52. The highest BCUT2D eigenvalue weighted by atomic mass is 16.3. The van der Waals surface area contributed by atoms with Crippen molar-refractivity contribution in [1.82, 2.24) is 4.98 Å². The molecule has 3 aromatic rings. The molecule has 0 bridgehead atoms. The molecule has 0 atom stereocenters. The first-order chi connectivity index (χ1) is 8.65. The van der Waals surface area contributed by atoms with E-state index in [2.05, 4.69) is 4.98 Å². The Morgan fingerprint density at radius 3 is 2.28 bits per heavy atom. The molecule has 0 aliphatic heterocycles. The molecule has 0 saturated heterocycles. The van der Waals surface area contributed by atoms with Gasteiger partial charge in [-0.1, -0.05) is 0 Å². The second kappa shape index (κ2) is 3.81. The third-order valence-electron chi connectivity index (χ3n) is 3.20. The lowest BCUT2D eigenvalue weighted by Gasteiger charge is -2.00. The second-order valence-electron chi connectivity index (χ2n) is 4.40. The monoisotopic (exact) mass is 239 g/mol. The third kappa shape index (κ3) is 1.61. The molecule has 0 aliphatic carbocycles. The van der Waals surface area contributed by atoms with Crippen LogP contribution in [0, 0.1) is 6.92 Å². The van der Waals surface area contributed by atoms with Crippen molar-refractivity contribution in [3.05, 3.63) is 48.0 Å². The number of fused-ring (bicyclic) bond motifs is 1. The Kier molecular flexibility index (Phi) is 2.27. The second-order valence-corrected chi connectivity index (χ2v) is 4.40. The van der Waals surface area contributed by atoms with E-state index in [0.29, 0.717) is 0 Å². The topological polar surface area (TPSA) is 56.2 Å². The zero-order chi connectivity index (χ0) is 12.7. The molecule has 0 fully saturated rings. The molecule has 3 N–H and O–H groups in total. The van der Waals surface area contributed by atoms with Gasteiger partial charge in [-0.05, 0) is 60.5 Å². The Morgan fingerprint density at radius 1 is 0.889 bits per heavy atom. The zero-order valence-electron chi connectivity index (χ0n) is 9.94. The minimum atomic E-state index is 0.255. The molecule has 0 aliphatic rings. The summed E-state index contributed by atoms with van der Waals surface area (Å²) in [5.41, 5.74) is 4.11. The number of phenols is 2. The van der Waals surface area contributed by atoms with Crippen molar-refractivity contribution in [1.29, 1.82) is 0 Å². The third-order valence-corrected chi connectivity index (χ3v) is 3.20. The van der Waals surface area contributed by atoms with Crippen LogP contribution in [0.2, 0.25) is 0 Å². The van der Waals surface area contributed by atoms with E-state index in [4.69, 9.17) is 0 Å². The average molecular weight is 239 g/mol. The van der Waals surface area contributed by atoms with Gasteiger partial charge < -0.3 is 15.2 Å². The van der Waals surface area contributed by atoms with Crippen molar-refractivity contribution in [3.8, 4) is 22.8 Å². The van der Waals surface area contributed by atoms with Gasteiger partial charge in [-0.25, -0.2) is 0 Å².